The van der Waals surface area contributed by atoms with E-state index in [-0.39, 0.29) is 16.8 Å². The summed E-state index contributed by atoms with van der Waals surface area (Å²) in [5.41, 5.74) is 2.37. The zero-order valence-corrected chi connectivity index (χ0v) is 14.8. The minimum Gasteiger partial charge on any atom is -0.426 e. The summed E-state index contributed by atoms with van der Waals surface area (Å²) in [6, 6.07) is 6.13. The first-order valence-corrected chi connectivity index (χ1v) is 8.00. The van der Waals surface area contributed by atoms with Crippen molar-refractivity contribution >= 4 is 28.6 Å². The van der Waals surface area contributed by atoms with E-state index in [0.29, 0.717) is 10.2 Å². The topological polar surface area (TPSA) is 26.3 Å². The number of alkyl halides is 1. The highest BCUT2D eigenvalue weighted by molar-refractivity contribution is 14.1. The van der Waals surface area contributed by atoms with Gasteiger partial charge >= 0.3 is 5.97 Å². The molecule has 0 aromatic heterocycles. The minimum atomic E-state index is -0.199. The Kier molecular flexibility index (Phi) is 5.04. The summed E-state index contributed by atoms with van der Waals surface area (Å²) < 4.78 is 5.81. The summed E-state index contributed by atoms with van der Waals surface area (Å²) in [5, 5.41) is 0. The van der Waals surface area contributed by atoms with Crippen LogP contribution in [0.4, 0.5) is 0 Å². The fourth-order valence-electron chi connectivity index (χ4n) is 1.82. The van der Waals surface area contributed by atoms with Crippen molar-refractivity contribution < 1.29 is 9.53 Å². The summed E-state index contributed by atoms with van der Waals surface area (Å²) in [7, 11) is 0. The van der Waals surface area contributed by atoms with Gasteiger partial charge in [0.2, 0.25) is 0 Å². The summed E-state index contributed by atoms with van der Waals surface area (Å²) in [6.45, 7) is 13.0. The van der Waals surface area contributed by atoms with Crippen LogP contribution in [0.15, 0.2) is 18.2 Å². The molecule has 1 rings (SSSR count). The van der Waals surface area contributed by atoms with Crippen molar-refractivity contribution in [3.05, 3.63) is 29.3 Å². The highest BCUT2D eigenvalue weighted by atomic mass is 127. The first-order valence-electron chi connectivity index (χ1n) is 6.47. The molecule has 0 saturated heterocycles. The Morgan fingerprint density at radius 1 is 1.11 bits per heavy atom. The molecule has 0 N–H and O–H groups in total. The molecule has 19 heavy (non-hydrogen) atoms. The Hall–Kier alpha value is -0.580. The third-order valence-corrected chi connectivity index (χ3v) is 3.61. The molecule has 0 atom stereocenters. The third kappa shape index (κ3) is 4.48. The second-order valence-electron chi connectivity index (χ2n) is 6.82. The van der Waals surface area contributed by atoms with E-state index in [2.05, 4.69) is 47.6 Å². The van der Waals surface area contributed by atoms with Gasteiger partial charge in [0.1, 0.15) is 5.75 Å². The monoisotopic (exact) mass is 374 g/mol. The number of hydrogen-bond acceptors (Lipinski definition) is 2. The van der Waals surface area contributed by atoms with Crippen molar-refractivity contribution in [3.63, 3.8) is 0 Å². The smallest absolute Gasteiger partial charge is 0.321 e. The Labute approximate surface area is 130 Å². The summed E-state index contributed by atoms with van der Waals surface area (Å²) >= 11 is 2.02. The molecule has 0 aliphatic rings. The SMILES string of the molecule is CC(C)(C)c1ccc(OC(=O)CI)c(C(C)(C)C)c1. The Bertz CT molecular complexity index is 465. The molecule has 0 bridgehead atoms. The maximum atomic E-state index is 11.5. The van der Waals surface area contributed by atoms with Gasteiger partial charge in [0.05, 0.1) is 4.43 Å². The number of benzene rings is 1. The van der Waals surface area contributed by atoms with Crippen molar-refractivity contribution in [2.24, 2.45) is 0 Å². The minimum absolute atomic E-state index is 0.0534. The zero-order valence-electron chi connectivity index (χ0n) is 12.6. The van der Waals surface area contributed by atoms with Crippen LogP contribution in [0, 0.1) is 0 Å². The van der Waals surface area contributed by atoms with Crippen LogP contribution in [-0.2, 0) is 15.6 Å². The maximum Gasteiger partial charge on any atom is 0.321 e. The molecule has 106 valence electrons. The third-order valence-electron chi connectivity index (χ3n) is 2.99. The van der Waals surface area contributed by atoms with Crippen molar-refractivity contribution in [3.8, 4) is 5.75 Å². The molecule has 0 aliphatic heterocycles. The first-order chi connectivity index (χ1) is 8.55. The van der Waals surface area contributed by atoms with Gasteiger partial charge in [0.15, 0.2) is 0 Å². The fraction of sp³-hybridized carbons (Fsp3) is 0.562. The van der Waals surface area contributed by atoms with Crippen LogP contribution in [0.1, 0.15) is 52.7 Å². The number of rotatable bonds is 2. The van der Waals surface area contributed by atoms with Gasteiger partial charge in [-0.2, -0.15) is 0 Å². The predicted molar refractivity (Wildman–Crippen MR) is 88.4 cm³/mol. The average Bonchev–Trinajstić information content (AvgIpc) is 2.26. The Morgan fingerprint density at radius 2 is 1.68 bits per heavy atom. The van der Waals surface area contributed by atoms with Gasteiger partial charge in [0.25, 0.3) is 0 Å². The van der Waals surface area contributed by atoms with E-state index in [4.69, 9.17) is 4.74 Å². The van der Waals surface area contributed by atoms with Crippen LogP contribution in [0.2, 0.25) is 0 Å². The molecule has 3 heteroatoms. The summed E-state index contributed by atoms with van der Waals surface area (Å²) in [4.78, 5) is 11.5. The van der Waals surface area contributed by atoms with Crippen LogP contribution < -0.4 is 4.74 Å². The van der Waals surface area contributed by atoms with Gasteiger partial charge in [-0.05, 0) is 22.5 Å². The second kappa shape index (κ2) is 5.81. The molecule has 0 aliphatic carbocycles. The van der Waals surface area contributed by atoms with Crippen LogP contribution in [0.25, 0.3) is 0 Å². The van der Waals surface area contributed by atoms with Crippen LogP contribution >= 0.6 is 22.6 Å². The fourth-order valence-corrected chi connectivity index (χ4v) is 1.98. The molecule has 0 radical (unpaired) electrons. The first kappa shape index (κ1) is 16.5. The van der Waals surface area contributed by atoms with Crippen LogP contribution in [0.5, 0.6) is 5.75 Å². The molecule has 1 aromatic rings. The summed E-state index contributed by atoms with van der Waals surface area (Å²) in [5.74, 6) is 0.483. The van der Waals surface area contributed by atoms with Crippen molar-refractivity contribution in [1.29, 1.82) is 0 Å². The number of esters is 1. The van der Waals surface area contributed by atoms with E-state index >= 15 is 0 Å². The van der Waals surface area contributed by atoms with Gasteiger partial charge in [-0.3, -0.25) is 4.79 Å². The van der Waals surface area contributed by atoms with Gasteiger partial charge in [-0.15, -0.1) is 0 Å². The molecule has 0 spiro atoms. The van der Waals surface area contributed by atoms with Crippen molar-refractivity contribution in [2.45, 2.75) is 52.4 Å². The molecular weight excluding hydrogens is 351 g/mol. The number of halogens is 1. The highest BCUT2D eigenvalue weighted by Gasteiger charge is 2.23. The molecule has 1 aromatic carbocycles. The van der Waals surface area contributed by atoms with Gasteiger partial charge in [-0.1, -0.05) is 76.3 Å². The molecular formula is C16H23IO2. The molecule has 0 saturated carbocycles. The van der Waals surface area contributed by atoms with E-state index in [9.17, 15) is 4.79 Å². The van der Waals surface area contributed by atoms with Crippen molar-refractivity contribution in [2.75, 3.05) is 4.43 Å². The molecule has 0 fully saturated rings. The normalized spacial score (nSPS) is 12.4. The molecule has 0 amide bonds. The van der Waals surface area contributed by atoms with Gasteiger partial charge in [0, 0.05) is 5.56 Å². The van der Waals surface area contributed by atoms with E-state index < -0.39 is 0 Å². The number of carbonyl (C=O) groups is 1. The van der Waals surface area contributed by atoms with E-state index in [1.165, 1.54) is 5.56 Å². The lowest BCUT2D eigenvalue weighted by molar-refractivity contribution is -0.131. The van der Waals surface area contributed by atoms with Gasteiger partial charge < -0.3 is 4.74 Å². The number of carbonyl (C=O) groups excluding carboxylic acids is 1. The molecule has 0 heterocycles. The van der Waals surface area contributed by atoms with Crippen LogP contribution in [0.3, 0.4) is 0 Å². The van der Waals surface area contributed by atoms with E-state index in [1.54, 1.807) is 0 Å². The predicted octanol–water partition coefficient (Wildman–Crippen LogP) is 4.62. The average molecular weight is 374 g/mol. The number of ether oxygens (including phenoxy) is 1. The number of hydrogen-bond donors (Lipinski definition) is 0. The van der Waals surface area contributed by atoms with Crippen LogP contribution in [-0.4, -0.2) is 10.4 Å². The van der Waals surface area contributed by atoms with E-state index in [1.807, 2.05) is 34.7 Å². The quantitative estimate of drug-likeness (QED) is 0.327. The van der Waals surface area contributed by atoms with E-state index in [0.717, 1.165) is 5.56 Å². The second-order valence-corrected chi connectivity index (χ2v) is 7.58. The lowest BCUT2D eigenvalue weighted by atomic mass is 9.80. The zero-order chi connectivity index (χ0) is 14.8. The largest absolute Gasteiger partial charge is 0.426 e. The Balaban J connectivity index is 3.29. The lowest BCUT2D eigenvalue weighted by Crippen LogP contribution is -2.19. The molecule has 2 nitrogen and oxygen atoms in total. The highest BCUT2D eigenvalue weighted by Crippen LogP contribution is 2.35. The summed E-state index contributed by atoms with van der Waals surface area (Å²) in [6.07, 6.45) is 0. The van der Waals surface area contributed by atoms with Crippen molar-refractivity contribution in [1.82, 2.24) is 0 Å². The molecule has 0 unspecified atom stereocenters. The lowest BCUT2D eigenvalue weighted by Gasteiger charge is -2.26. The maximum absolute atomic E-state index is 11.5. The van der Waals surface area contributed by atoms with Gasteiger partial charge in [-0.25, -0.2) is 0 Å². The standard InChI is InChI=1S/C16H23IO2/c1-15(2,3)11-7-8-13(19-14(18)10-17)12(9-11)16(4,5)6/h7-9H,10H2,1-6H3. The Morgan fingerprint density at radius 3 is 2.11 bits per heavy atom.